The molecule has 0 amide bonds. The van der Waals surface area contributed by atoms with E-state index in [1.165, 1.54) is 23.3 Å². The molecule has 2 atom stereocenters. The van der Waals surface area contributed by atoms with Gasteiger partial charge in [-0.25, -0.2) is 4.39 Å². The average molecular weight is 327 g/mol. The second-order valence-corrected chi connectivity index (χ2v) is 6.70. The average Bonchev–Trinajstić information content (AvgIpc) is 2.57. The first-order valence-electron chi connectivity index (χ1n) is 8.27. The normalized spacial score (nSPS) is 21.6. The van der Waals surface area contributed by atoms with Gasteiger partial charge in [-0.3, -0.25) is 9.69 Å². The van der Waals surface area contributed by atoms with Crippen molar-refractivity contribution in [3.63, 3.8) is 0 Å². The van der Waals surface area contributed by atoms with Crippen molar-refractivity contribution in [3.8, 4) is 0 Å². The highest BCUT2D eigenvalue weighted by Gasteiger charge is 2.32. The number of hydrogen-bond donors (Lipinski definition) is 1. The molecule has 126 valence electrons. The van der Waals surface area contributed by atoms with Crippen LogP contribution in [0.5, 0.6) is 0 Å². The zero-order valence-electron chi connectivity index (χ0n) is 13.8. The van der Waals surface area contributed by atoms with Crippen LogP contribution in [0.1, 0.15) is 29.0 Å². The molecular formula is C20H22FNO2. The summed E-state index contributed by atoms with van der Waals surface area (Å²) < 4.78 is 13.1. The van der Waals surface area contributed by atoms with E-state index >= 15 is 0 Å². The van der Waals surface area contributed by atoms with Gasteiger partial charge >= 0.3 is 5.97 Å². The summed E-state index contributed by atoms with van der Waals surface area (Å²) in [5.74, 6) is -1.15. The highest BCUT2D eigenvalue weighted by molar-refractivity contribution is 5.70. The lowest BCUT2D eigenvalue weighted by Gasteiger charge is -2.36. The third kappa shape index (κ3) is 4.01. The standard InChI is InChI=1S/C20H22FNO2/c1-14-3-2-4-16(9-14)17-10-18(20(23)24)13-22(12-17)11-15-5-7-19(21)8-6-15/h2-9,17-18H,10-13H2,1H3,(H,23,24). The topological polar surface area (TPSA) is 40.5 Å². The third-order valence-corrected chi connectivity index (χ3v) is 4.71. The number of carboxylic acids is 1. The van der Waals surface area contributed by atoms with Gasteiger partial charge in [0.2, 0.25) is 0 Å². The predicted octanol–water partition coefficient (Wildman–Crippen LogP) is 3.82. The van der Waals surface area contributed by atoms with Crippen molar-refractivity contribution in [1.29, 1.82) is 0 Å². The van der Waals surface area contributed by atoms with Crippen LogP contribution in [0.25, 0.3) is 0 Å². The van der Waals surface area contributed by atoms with Gasteiger partial charge in [0.25, 0.3) is 0 Å². The lowest BCUT2D eigenvalue weighted by molar-refractivity contribution is -0.144. The van der Waals surface area contributed by atoms with Gasteiger partial charge in [-0.15, -0.1) is 0 Å². The highest BCUT2D eigenvalue weighted by atomic mass is 19.1. The number of aliphatic carboxylic acids is 1. The van der Waals surface area contributed by atoms with Crippen LogP contribution in [-0.2, 0) is 11.3 Å². The summed E-state index contributed by atoms with van der Waals surface area (Å²) in [6, 6.07) is 14.7. The molecule has 1 heterocycles. The summed E-state index contributed by atoms with van der Waals surface area (Å²) in [6.07, 6.45) is 0.665. The zero-order valence-corrected chi connectivity index (χ0v) is 13.8. The molecule has 4 heteroatoms. The minimum Gasteiger partial charge on any atom is -0.481 e. The Balaban J connectivity index is 1.78. The van der Waals surface area contributed by atoms with Gasteiger partial charge in [0.05, 0.1) is 5.92 Å². The number of halogens is 1. The number of benzene rings is 2. The quantitative estimate of drug-likeness (QED) is 0.928. The molecule has 2 unspecified atom stereocenters. The highest BCUT2D eigenvalue weighted by Crippen LogP contribution is 2.31. The van der Waals surface area contributed by atoms with E-state index in [0.29, 0.717) is 19.5 Å². The van der Waals surface area contributed by atoms with Crippen LogP contribution in [0.2, 0.25) is 0 Å². The Labute approximate surface area is 141 Å². The van der Waals surface area contributed by atoms with Crippen LogP contribution in [-0.4, -0.2) is 29.1 Å². The van der Waals surface area contributed by atoms with E-state index in [1.54, 1.807) is 12.1 Å². The van der Waals surface area contributed by atoms with Crippen LogP contribution in [0.4, 0.5) is 4.39 Å². The van der Waals surface area contributed by atoms with Crippen molar-refractivity contribution < 1.29 is 14.3 Å². The summed E-state index contributed by atoms with van der Waals surface area (Å²) in [6.45, 7) is 4.06. The van der Waals surface area contributed by atoms with E-state index in [0.717, 1.165) is 12.1 Å². The lowest BCUT2D eigenvalue weighted by Crippen LogP contribution is -2.41. The summed E-state index contributed by atoms with van der Waals surface area (Å²) in [5, 5.41) is 9.50. The van der Waals surface area contributed by atoms with E-state index in [4.69, 9.17) is 0 Å². The zero-order chi connectivity index (χ0) is 17.1. The molecule has 0 aliphatic carbocycles. The van der Waals surface area contributed by atoms with Crippen molar-refractivity contribution >= 4 is 5.97 Å². The Bertz CT molecular complexity index is 714. The molecular weight excluding hydrogens is 305 g/mol. The molecule has 1 aliphatic heterocycles. The van der Waals surface area contributed by atoms with Gasteiger partial charge in [-0.05, 0) is 42.5 Å². The van der Waals surface area contributed by atoms with Crippen molar-refractivity contribution in [3.05, 3.63) is 71.0 Å². The van der Waals surface area contributed by atoms with Crippen LogP contribution in [0, 0.1) is 18.7 Å². The molecule has 1 aliphatic rings. The van der Waals surface area contributed by atoms with E-state index in [9.17, 15) is 14.3 Å². The third-order valence-electron chi connectivity index (χ3n) is 4.71. The number of likely N-dealkylation sites (tertiary alicyclic amines) is 1. The smallest absolute Gasteiger partial charge is 0.307 e. The summed E-state index contributed by atoms with van der Waals surface area (Å²) in [7, 11) is 0. The molecule has 2 aromatic rings. The lowest BCUT2D eigenvalue weighted by atomic mass is 9.84. The Kier molecular flexibility index (Phi) is 4.95. The molecule has 1 N–H and O–H groups in total. The van der Waals surface area contributed by atoms with Crippen LogP contribution < -0.4 is 0 Å². The molecule has 3 rings (SSSR count). The van der Waals surface area contributed by atoms with Crippen molar-refractivity contribution in [2.45, 2.75) is 25.8 Å². The molecule has 0 spiro atoms. The van der Waals surface area contributed by atoms with Crippen LogP contribution in [0.3, 0.4) is 0 Å². The van der Waals surface area contributed by atoms with E-state index in [-0.39, 0.29) is 17.7 Å². The van der Waals surface area contributed by atoms with Crippen LogP contribution in [0.15, 0.2) is 48.5 Å². The van der Waals surface area contributed by atoms with Crippen molar-refractivity contribution in [2.24, 2.45) is 5.92 Å². The van der Waals surface area contributed by atoms with E-state index in [2.05, 4.69) is 30.0 Å². The van der Waals surface area contributed by atoms with E-state index in [1.807, 2.05) is 6.07 Å². The molecule has 0 bridgehead atoms. The predicted molar refractivity (Wildman–Crippen MR) is 91.3 cm³/mol. The van der Waals surface area contributed by atoms with Gasteiger partial charge in [0.15, 0.2) is 0 Å². The first-order valence-corrected chi connectivity index (χ1v) is 8.27. The molecule has 2 aromatic carbocycles. The number of hydrogen-bond acceptors (Lipinski definition) is 2. The summed E-state index contributed by atoms with van der Waals surface area (Å²) in [4.78, 5) is 13.7. The maximum Gasteiger partial charge on any atom is 0.307 e. The SMILES string of the molecule is Cc1cccc(C2CC(C(=O)O)CN(Cc3ccc(F)cc3)C2)c1. The minimum absolute atomic E-state index is 0.209. The molecule has 1 saturated heterocycles. The first-order chi connectivity index (χ1) is 11.5. The number of carbonyl (C=O) groups is 1. The van der Waals surface area contributed by atoms with Gasteiger partial charge in [-0.2, -0.15) is 0 Å². The largest absolute Gasteiger partial charge is 0.481 e. The number of piperidine rings is 1. The van der Waals surface area contributed by atoms with Gasteiger partial charge in [-0.1, -0.05) is 42.0 Å². The van der Waals surface area contributed by atoms with Gasteiger partial charge < -0.3 is 5.11 Å². The Morgan fingerprint density at radius 2 is 1.96 bits per heavy atom. The monoisotopic (exact) mass is 327 g/mol. The number of carboxylic acid groups (broad SMARTS) is 1. The number of aryl methyl sites for hydroxylation is 1. The van der Waals surface area contributed by atoms with Crippen molar-refractivity contribution in [2.75, 3.05) is 13.1 Å². The molecule has 24 heavy (non-hydrogen) atoms. The summed E-state index contributed by atoms with van der Waals surface area (Å²) in [5.41, 5.74) is 3.39. The Hall–Kier alpha value is -2.20. The second-order valence-electron chi connectivity index (χ2n) is 6.70. The molecule has 1 fully saturated rings. The minimum atomic E-state index is -0.739. The first kappa shape index (κ1) is 16.7. The number of nitrogens with zero attached hydrogens (tertiary/aromatic N) is 1. The maximum atomic E-state index is 13.1. The fraction of sp³-hybridized carbons (Fsp3) is 0.350. The maximum absolute atomic E-state index is 13.1. The molecule has 0 radical (unpaired) electrons. The van der Waals surface area contributed by atoms with Gasteiger partial charge in [0, 0.05) is 19.6 Å². The van der Waals surface area contributed by atoms with Crippen molar-refractivity contribution in [1.82, 2.24) is 4.90 Å². The second kappa shape index (κ2) is 7.14. The van der Waals surface area contributed by atoms with Gasteiger partial charge in [0.1, 0.15) is 5.82 Å². The van der Waals surface area contributed by atoms with Crippen LogP contribution >= 0.6 is 0 Å². The Morgan fingerprint density at radius 3 is 2.62 bits per heavy atom. The summed E-state index contributed by atoms with van der Waals surface area (Å²) >= 11 is 0. The molecule has 0 aromatic heterocycles. The molecule has 3 nitrogen and oxygen atoms in total. The fourth-order valence-electron chi connectivity index (χ4n) is 3.51. The Morgan fingerprint density at radius 1 is 1.21 bits per heavy atom. The molecule has 0 saturated carbocycles. The fourth-order valence-corrected chi connectivity index (χ4v) is 3.51. The van der Waals surface area contributed by atoms with E-state index < -0.39 is 5.97 Å². The number of rotatable bonds is 4.